The van der Waals surface area contributed by atoms with Gasteiger partial charge in [-0.25, -0.2) is 0 Å². The average Bonchev–Trinajstić information content (AvgIpc) is 3.10. The third-order valence-corrected chi connectivity index (χ3v) is 3.84. The van der Waals surface area contributed by atoms with E-state index in [-0.39, 0.29) is 0 Å². The minimum Gasteiger partial charge on any atom is -0.479 e. The molecule has 0 atom stereocenters. The van der Waals surface area contributed by atoms with Gasteiger partial charge in [0, 0.05) is 19.6 Å². The molecular formula is C19H22N4O. The minimum atomic E-state index is 0.549. The van der Waals surface area contributed by atoms with E-state index in [1.165, 1.54) is 11.1 Å². The largest absolute Gasteiger partial charge is 0.479 e. The van der Waals surface area contributed by atoms with E-state index < -0.39 is 0 Å². The summed E-state index contributed by atoms with van der Waals surface area (Å²) in [7, 11) is 1.60. The van der Waals surface area contributed by atoms with Crippen LogP contribution >= 0.6 is 0 Å². The molecule has 0 bridgehead atoms. The number of hydrogen-bond donors (Lipinski definition) is 0. The molecule has 5 nitrogen and oxygen atoms in total. The molecule has 5 heteroatoms. The predicted octanol–water partition coefficient (Wildman–Crippen LogP) is 2.99. The van der Waals surface area contributed by atoms with Crippen molar-refractivity contribution in [1.82, 2.24) is 19.9 Å². The van der Waals surface area contributed by atoms with Gasteiger partial charge in [0.05, 0.1) is 13.7 Å². The first kappa shape index (κ1) is 16.2. The Morgan fingerprint density at radius 3 is 2.00 bits per heavy atom. The van der Waals surface area contributed by atoms with Gasteiger partial charge in [0.1, 0.15) is 6.20 Å². The van der Waals surface area contributed by atoms with Crippen LogP contribution in [0.4, 0.5) is 0 Å². The van der Waals surface area contributed by atoms with Crippen LogP contribution in [-0.4, -0.2) is 33.5 Å². The number of nitrogens with zero attached hydrogens (tertiary/aromatic N) is 4. The van der Waals surface area contributed by atoms with E-state index in [1.807, 2.05) is 12.1 Å². The molecule has 0 saturated heterocycles. The molecule has 0 fully saturated rings. The molecule has 124 valence electrons. The third kappa shape index (κ3) is 4.67. The van der Waals surface area contributed by atoms with Gasteiger partial charge in [-0.1, -0.05) is 60.7 Å². The molecule has 0 unspecified atom stereocenters. The van der Waals surface area contributed by atoms with Crippen molar-refractivity contribution in [2.24, 2.45) is 0 Å². The molecular weight excluding hydrogens is 300 g/mol. The smallest absolute Gasteiger partial charge is 0.253 e. The quantitative estimate of drug-likeness (QED) is 0.639. The summed E-state index contributed by atoms with van der Waals surface area (Å²) in [4.78, 5) is 4.09. The summed E-state index contributed by atoms with van der Waals surface area (Å²) in [5, 5.41) is 8.50. The molecule has 0 N–H and O–H groups in total. The summed E-state index contributed by atoms with van der Waals surface area (Å²) in [5.41, 5.74) is 2.61. The van der Waals surface area contributed by atoms with Gasteiger partial charge in [-0.05, 0) is 11.1 Å². The molecule has 1 aromatic heterocycles. The Balaban J connectivity index is 1.66. The van der Waals surface area contributed by atoms with E-state index in [0.29, 0.717) is 5.88 Å². The summed E-state index contributed by atoms with van der Waals surface area (Å²) < 4.78 is 5.08. The Kier molecular flexibility index (Phi) is 5.58. The highest BCUT2D eigenvalue weighted by atomic mass is 16.5. The highest BCUT2D eigenvalue weighted by molar-refractivity contribution is 5.17. The fourth-order valence-corrected chi connectivity index (χ4v) is 2.61. The molecule has 0 amide bonds. The molecule has 24 heavy (non-hydrogen) atoms. The molecule has 2 aromatic carbocycles. The second-order valence-corrected chi connectivity index (χ2v) is 5.66. The van der Waals surface area contributed by atoms with E-state index in [0.717, 1.165) is 26.2 Å². The van der Waals surface area contributed by atoms with Crippen molar-refractivity contribution in [2.75, 3.05) is 13.7 Å². The Morgan fingerprint density at radius 1 is 0.917 bits per heavy atom. The maximum atomic E-state index is 5.08. The summed E-state index contributed by atoms with van der Waals surface area (Å²) in [6.07, 6.45) is 1.64. The molecule has 3 rings (SSSR count). The van der Waals surface area contributed by atoms with Gasteiger partial charge in [0.15, 0.2) is 0 Å². The van der Waals surface area contributed by atoms with E-state index in [4.69, 9.17) is 4.74 Å². The van der Waals surface area contributed by atoms with Crippen molar-refractivity contribution in [3.05, 3.63) is 78.0 Å². The maximum Gasteiger partial charge on any atom is 0.253 e. The lowest BCUT2D eigenvalue weighted by Gasteiger charge is -2.22. The SMILES string of the molecule is COc1cnn(CCN(Cc2ccccc2)Cc2ccccc2)n1. The van der Waals surface area contributed by atoms with Crippen LogP contribution in [0.3, 0.4) is 0 Å². The summed E-state index contributed by atoms with van der Waals surface area (Å²) >= 11 is 0. The van der Waals surface area contributed by atoms with Crippen LogP contribution in [0.25, 0.3) is 0 Å². The lowest BCUT2D eigenvalue weighted by atomic mass is 10.1. The Morgan fingerprint density at radius 2 is 1.50 bits per heavy atom. The topological polar surface area (TPSA) is 43.2 Å². The summed E-state index contributed by atoms with van der Waals surface area (Å²) in [6, 6.07) is 21.1. The monoisotopic (exact) mass is 322 g/mol. The molecule has 1 heterocycles. The zero-order valence-corrected chi connectivity index (χ0v) is 13.9. The fourth-order valence-electron chi connectivity index (χ4n) is 2.61. The fraction of sp³-hybridized carbons (Fsp3) is 0.263. The van der Waals surface area contributed by atoms with Crippen molar-refractivity contribution >= 4 is 0 Å². The van der Waals surface area contributed by atoms with Crippen LogP contribution in [0.2, 0.25) is 0 Å². The zero-order valence-electron chi connectivity index (χ0n) is 13.9. The number of rotatable bonds is 8. The van der Waals surface area contributed by atoms with Crippen molar-refractivity contribution in [3.63, 3.8) is 0 Å². The Hall–Kier alpha value is -2.66. The molecule has 0 aliphatic heterocycles. The van der Waals surface area contributed by atoms with Crippen LogP contribution in [0.15, 0.2) is 66.9 Å². The summed E-state index contributed by atoms with van der Waals surface area (Å²) in [5.74, 6) is 0.549. The Labute approximate surface area is 142 Å². The molecule has 3 aromatic rings. The van der Waals surface area contributed by atoms with E-state index in [1.54, 1.807) is 18.1 Å². The number of benzene rings is 2. The minimum absolute atomic E-state index is 0.549. The highest BCUT2D eigenvalue weighted by Crippen LogP contribution is 2.10. The maximum absolute atomic E-state index is 5.08. The van der Waals surface area contributed by atoms with Gasteiger partial charge in [-0.15, -0.1) is 5.10 Å². The van der Waals surface area contributed by atoms with Gasteiger partial charge in [0.25, 0.3) is 5.88 Å². The zero-order chi connectivity index (χ0) is 16.6. The van der Waals surface area contributed by atoms with Crippen molar-refractivity contribution in [2.45, 2.75) is 19.6 Å². The van der Waals surface area contributed by atoms with Crippen LogP contribution in [0.1, 0.15) is 11.1 Å². The van der Waals surface area contributed by atoms with Crippen LogP contribution < -0.4 is 4.74 Å². The van der Waals surface area contributed by atoms with Gasteiger partial charge >= 0.3 is 0 Å². The normalized spacial score (nSPS) is 10.9. The van der Waals surface area contributed by atoms with E-state index in [2.05, 4.69) is 63.6 Å². The van der Waals surface area contributed by atoms with E-state index >= 15 is 0 Å². The predicted molar refractivity (Wildman–Crippen MR) is 93.6 cm³/mol. The highest BCUT2D eigenvalue weighted by Gasteiger charge is 2.09. The van der Waals surface area contributed by atoms with Gasteiger partial charge in [-0.3, -0.25) is 4.90 Å². The first-order valence-electron chi connectivity index (χ1n) is 8.08. The van der Waals surface area contributed by atoms with Crippen molar-refractivity contribution < 1.29 is 4.74 Å². The molecule has 0 radical (unpaired) electrons. The molecule has 0 aliphatic carbocycles. The second-order valence-electron chi connectivity index (χ2n) is 5.66. The second kappa shape index (κ2) is 8.26. The third-order valence-electron chi connectivity index (χ3n) is 3.84. The number of ether oxygens (including phenoxy) is 1. The molecule has 0 spiro atoms. The number of aromatic nitrogens is 3. The van der Waals surface area contributed by atoms with Crippen LogP contribution in [0, 0.1) is 0 Å². The van der Waals surface area contributed by atoms with Gasteiger partial charge in [0.2, 0.25) is 0 Å². The summed E-state index contributed by atoms with van der Waals surface area (Å²) in [6.45, 7) is 3.38. The number of hydrogen-bond acceptors (Lipinski definition) is 4. The first-order valence-corrected chi connectivity index (χ1v) is 8.08. The molecule has 0 saturated carbocycles. The average molecular weight is 322 g/mol. The lowest BCUT2D eigenvalue weighted by Crippen LogP contribution is -2.27. The Bertz CT molecular complexity index is 686. The van der Waals surface area contributed by atoms with Crippen LogP contribution in [-0.2, 0) is 19.6 Å². The van der Waals surface area contributed by atoms with Crippen molar-refractivity contribution in [1.29, 1.82) is 0 Å². The van der Waals surface area contributed by atoms with Gasteiger partial charge < -0.3 is 4.74 Å². The van der Waals surface area contributed by atoms with Crippen LogP contribution in [0.5, 0.6) is 5.88 Å². The van der Waals surface area contributed by atoms with Crippen molar-refractivity contribution in [3.8, 4) is 5.88 Å². The first-order chi connectivity index (χ1) is 11.8. The van der Waals surface area contributed by atoms with Gasteiger partial charge in [-0.2, -0.15) is 9.90 Å². The lowest BCUT2D eigenvalue weighted by molar-refractivity contribution is 0.235. The molecule has 0 aliphatic rings. The van der Waals surface area contributed by atoms with E-state index in [9.17, 15) is 0 Å². The number of methoxy groups -OCH3 is 1. The standard InChI is InChI=1S/C19H22N4O/c1-24-19-14-20-23(21-19)13-12-22(15-17-8-4-2-5-9-17)16-18-10-6-3-7-11-18/h2-11,14H,12-13,15-16H2,1H3.